The van der Waals surface area contributed by atoms with Gasteiger partial charge < -0.3 is 5.32 Å². The molecule has 98 valence electrons. The van der Waals surface area contributed by atoms with E-state index in [4.69, 9.17) is 0 Å². The summed E-state index contributed by atoms with van der Waals surface area (Å²) < 4.78 is 26.7. The van der Waals surface area contributed by atoms with Crippen molar-refractivity contribution in [1.29, 1.82) is 0 Å². The Labute approximate surface area is 110 Å². The second-order valence-corrected chi connectivity index (χ2v) is 4.17. The topological polar surface area (TPSA) is 29.1 Å². The van der Waals surface area contributed by atoms with E-state index >= 15 is 0 Å². The molecule has 2 nitrogen and oxygen atoms in total. The number of rotatable bonds is 3. The van der Waals surface area contributed by atoms with Crippen LogP contribution in [0, 0.1) is 11.6 Å². The number of likely N-dealkylation sites (N-methyl/N-ethyl adjacent to an activating group) is 1. The van der Waals surface area contributed by atoms with Crippen molar-refractivity contribution in [1.82, 2.24) is 5.32 Å². The summed E-state index contributed by atoms with van der Waals surface area (Å²) in [5.41, 5.74) is 1.61. The Bertz CT molecular complexity index is 594. The lowest BCUT2D eigenvalue weighted by molar-refractivity contribution is -0.119. The first-order valence-corrected chi connectivity index (χ1v) is 5.85. The van der Waals surface area contributed by atoms with E-state index in [9.17, 15) is 13.6 Å². The minimum atomic E-state index is -0.481. The van der Waals surface area contributed by atoms with Gasteiger partial charge in [0.25, 0.3) is 0 Å². The number of amides is 1. The Kier molecular flexibility index (Phi) is 3.90. The maximum Gasteiger partial charge on any atom is 0.224 e. The van der Waals surface area contributed by atoms with Gasteiger partial charge in [0.2, 0.25) is 5.91 Å². The fraction of sp³-hybridized carbons (Fsp3) is 0.133. The van der Waals surface area contributed by atoms with Gasteiger partial charge in [0.1, 0.15) is 11.6 Å². The molecule has 1 amide bonds. The van der Waals surface area contributed by atoms with Crippen molar-refractivity contribution in [2.24, 2.45) is 0 Å². The van der Waals surface area contributed by atoms with Crippen LogP contribution in [0.5, 0.6) is 0 Å². The lowest BCUT2D eigenvalue weighted by Gasteiger charge is -2.05. The summed E-state index contributed by atoms with van der Waals surface area (Å²) in [6.45, 7) is 0. The monoisotopic (exact) mass is 261 g/mol. The molecule has 2 aromatic carbocycles. The third-order valence-electron chi connectivity index (χ3n) is 2.84. The molecule has 2 rings (SSSR count). The summed E-state index contributed by atoms with van der Waals surface area (Å²) in [6.07, 6.45) is 0.266. The highest BCUT2D eigenvalue weighted by molar-refractivity contribution is 5.78. The van der Waals surface area contributed by atoms with Crippen molar-refractivity contribution in [3.63, 3.8) is 0 Å². The lowest BCUT2D eigenvalue weighted by Crippen LogP contribution is -2.19. The predicted octanol–water partition coefficient (Wildman–Crippen LogP) is 2.92. The molecule has 0 aliphatic carbocycles. The molecule has 0 aromatic heterocycles. The van der Waals surface area contributed by atoms with Crippen LogP contribution in [-0.2, 0) is 11.2 Å². The van der Waals surface area contributed by atoms with Crippen LogP contribution in [-0.4, -0.2) is 13.0 Å². The van der Waals surface area contributed by atoms with E-state index in [1.54, 1.807) is 31.3 Å². The van der Waals surface area contributed by atoms with Crippen molar-refractivity contribution in [2.45, 2.75) is 6.42 Å². The number of carbonyl (C=O) groups is 1. The van der Waals surface area contributed by atoms with E-state index in [1.165, 1.54) is 0 Å². The predicted molar refractivity (Wildman–Crippen MR) is 69.6 cm³/mol. The fourth-order valence-electron chi connectivity index (χ4n) is 1.79. The van der Waals surface area contributed by atoms with Crippen LogP contribution >= 0.6 is 0 Å². The van der Waals surface area contributed by atoms with Gasteiger partial charge in [0.05, 0.1) is 6.42 Å². The maximum atomic E-state index is 13.6. The third kappa shape index (κ3) is 3.16. The number of hydrogen-bond acceptors (Lipinski definition) is 1. The molecule has 0 saturated heterocycles. The third-order valence-corrected chi connectivity index (χ3v) is 2.84. The molecule has 0 spiro atoms. The van der Waals surface area contributed by atoms with Crippen LogP contribution in [0.4, 0.5) is 8.78 Å². The van der Waals surface area contributed by atoms with Gasteiger partial charge in [-0.05, 0) is 29.3 Å². The lowest BCUT2D eigenvalue weighted by atomic mass is 10.0. The van der Waals surface area contributed by atoms with Crippen molar-refractivity contribution in [3.05, 3.63) is 59.7 Å². The number of halogens is 2. The molecule has 19 heavy (non-hydrogen) atoms. The highest BCUT2D eigenvalue weighted by atomic mass is 19.1. The summed E-state index contributed by atoms with van der Waals surface area (Å²) in [5.74, 6) is -1.05. The van der Waals surface area contributed by atoms with Crippen molar-refractivity contribution in [2.75, 3.05) is 7.05 Å². The summed E-state index contributed by atoms with van der Waals surface area (Å²) in [7, 11) is 1.57. The molecule has 0 aliphatic heterocycles. The van der Waals surface area contributed by atoms with Gasteiger partial charge in [-0.2, -0.15) is 0 Å². The molecule has 0 heterocycles. The van der Waals surface area contributed by atoms with Crippen LogP contribution in [0.1, 0.15) is 5.56 Å². The first-order valence-electron chi connectivity index (χ1n) is 5.85. The number of benzene rings is 2. The summed E-state index contributed by atoms with van der Waals surface area (Å²) in [5, 5.41) is 2.53. The van der Waals surface area contributed by atoms with Gasteiger partial charge in [0.15, 0.2) is 0 Å². The molecule has 0 aliphatic rings. The molecule has 4 heteroatoms. The van der Waals surface area contributed by atoms with Gasteiger partial charge in [-0.3, -0.25) is 4.79 Å². The molecule has 0 fully saturated rings. The van der Waals surface area contributed by atoms with Crippen LogP contribution in [0.15, 0.2) is 42.5 Å². The second-order valence-electron chi connectivity index (χ2n) is 4.17. The Morgan fingerprint density at radius 3 is 2.42 bits per heavy atom. The summed E-state index contributed by atoms with van der Waals surface area (Å²) in [6, 6.07) is 10.2. The minimum absolute atomic E-state index is 0.0929. The summed E-state index contributed by atoms with van der Waals surface area (Å²) >= 11 is 0. The smallest absolute Gasteiger partial charge is 0.224 e. The molecule has 0 radical (unpaired) electrons. The van der Waals surface area contributed by atoms with Gasteiger partial charge in [0, 0.05) is 12.6 Å². The molecular formula is C15H13F2NO. The van der Waals surface area contributed by atoms with Crippen LogP contribution in [0.25, 0.3) is 11.1 Å². The van der Waals surface area contributed by atoms with Crippen molar-refractivity contribution >= 4 is 5.91 Å². The number of carbonyl (C=O) groups excluding carboxylic acids is 1. The quantitative estimate of drug-likeness (QED) is 0.904. The van der Waals surface area contributed by atoms with Gasteiger partial charge in [-0.25, -0.2) is 8.78 Å². The largest absolute Gasteiger partial charge is 0.359 e. The summed E-state index contributed by atoms with van der Waals surface area (Å²) in [4.78, 5) is 11.2. The van der Waals surface area contributed by atoms with Gasteiger partial charge >= 0.3 is 0 Å². The van der Waals surface area contributed by atoms with E-state index < -0.39 is 11.6 Å². The fourth-order valence-corrected chi connectivity index (χ4v) is 1.79. The second kappa shape index (κ2) is 5.61. The molecular weight excluding hydrogens is 248 g/mol. The first-order chi connectivity index (χ1) is 9.10. The van der Waals surface area contributed by atoms with Crippen molar-refractivity contribution in [3.8, 4) is 11.1 Å². The average Bonchev–Trinajstić information content (AvgIpc) is 2.42. The molecule has 0 saturated carbocycles. The van der Waals surface area contributed by atoms with Crippen molar-refractivity contribution < 1.29 is 13.6 Å². The molecule has 0 atom stereocenters. The first kappa shape index (κ1) is 13.2. The number of hydrogen-bond donors (Lipinski definition) is 1. The van der Waals surface area contributed by atoms with Crippen LogP contribution in [0.3, 0.4) is 0 Å². The zero-order chi connectivity index (χ0) is 13.8. The van der Waals surface area contributed by atoms with E-state index in [0.29, 0.717) is 5.56 Å². The maximum absolute atomic E-state index is 13.6. The zero-order valence-electron chi connectivity index (χ0n) is 10.4. The highest BCUT2D eigenvalue weighted by Gasteiger charge is 2.07. The standard InChI is InChI=1S/C15H13F2NO/c1-18-15(19)8-10-2-4-11(5-3-10)13-9-12(16)6-7-14(13)17/h2-7,9H,8H2,1H3,(H,18,19). The SMILES string of the molecule is CNC(=O)Cc1ccc(-c2cc(F)ccc2F)cc1. The Balaban J connectivity index is 2.27. The highest BCUT2D eigenvalue weighted by Crippen LogP contribution is 2.24. The van der Waals surface area contributed by atoms with E-state index in [2.05, 4.69) is 5.32 Å². The molecule has 1 N–H and O–H groups in total. The minimum Gasteiger partial charge on any atom is -0.359 e. The normalized spacial score (nSPS) is 10.3. The Morgan fingerprint density at radius 1 is 1.11 bits per heavy atom. The van der Waals surface area contributed by atoms with Crippen LogP contribution in [0.2, 0.25) is 0 Å². The number of nitrogens with one attached hydrogen (secondary N) is 1. The average molecular weight is 261 g/mol. The Hall–Kier alpha value is -2.23. The van der Waals surface area contributed by atoms with E-state index in [0.717, 1.165) is 23.8 Å². The van der Waals surface area contributed by atoms with E-state index in [-0.39, 0.29) is 17.9 Å². The van der Waals surface area contributed by atoms with E-state index in [1.807, 2.05) is 0 Å². The zero-order valence-corrected chi connectivity index (χ0v) is 10.4. The Morgan fingerprint density at radius 2 is 1.79 bits per heavy atom. The van der Waals surface area contributed by atoms with Crippen LogP contribution < -0.4 is 5.32 Å². The molecule has 0 bridgehead atoms. The molecule has 2 aromatic rings. The van der Waals surface area contributed by atoms with Gasteiger partial charge in [-0.15, -0.1) is 0 Å². The van der Waals surface area contributed by atoms with Gasteiger partial charge in [-0.1, -0.05) is 24.3 Å². The molecule has 0 unspecified atom stereocenters.